The number of piperidine rings is 1. The highest BCUT2D eigenvalue weighted by Crippen LogP contribution is 2.24. The molecule has 1 aliphatic rings. The predicted molar refractivity (Wildman–Crippen MR) is 95.7 cm³/mol. The van der Waals surface area contributed by atoms with Crippen LogP contribution in [0.2, 0.25) is 0 Å². The Morgan fingerprint density at radius 1 is 1.35 bits per heavy atom. The Hall–Kier alpha value is -1.72. The summed E-state index contributed by atoms with van der Waals surface area (Å²) >= 11 is 1.62. The average Bonchev–Trinajstić information content (AvgIpc) is 3.11. The molecule has 1 N–H and O–H groups in total. The largest absolute Gasteiger partial charge is 0.325 e. The van der Waals surface area contributed by atoms with E-state index >= 15 is 0 Å². The molecule has 2 aromatic rings. The van der Waals surface area contributed by atoms with E-state index in [0.717, 1.165) is 48.6 Å². The molecule has 23 heavy (non-hydrogen) atoms. The number of carbonyl (C=O) groups excluding carboxylic acids is 1. The second-order valence-corrected chi connectivity index (χ2v) is 6.85. The highest BCUT2D eigenvalue weighted by molar-refractivity contribution is 7.13. The Kier molecular flexibility index (Phi) is 5.41. The van der Waals surface area contributed by atoms with Gasteiger partial charge >= 0.3 is 0 Å². The zero-order valence-corrected chi connectivity index (χ0v) is 14.3. The maximum Gasteiger partial charge on any atom is 0.241 e. The fourth-order valence-corrected chi connectivity index (χ4v) is 3.77. The topological polar surface area (TPSA) is 45.2 Å². The van der Waals surface area contributed by atoms with Gasteiger partial charge < -0.3 is 5.32 Å². The zero-order chi connectivity index (χ0) is 16.1. The quantitative estimate of drug-likeness (QED) is 0.901. The summed E-state index contributed by atoms with van der Waals surface area (Å²) in [5.74, 6) is 0.125. The fraction of sp³-hybridized carbons (Fsp3) is 0.444. The maximum absolute atomic E-state index is 12.6. The van der Waals surface area contributed by atoms with Gasteiger partial charge in [0.1, 0.15) is 5.01 Å². The van der Waals surface area contributed by atoms with E-state index in [-0.39, 0.29) is 11.9 Å². The molecule has 1 aliphatic heterocycles. The van der Waals surface area contributed by atoms with Gasteiger partial charge in [-0.25, -0.2) is 4.98 Å². The van der Waals surface area contributed by atoms with Gasteiger partial charge in [-0.1, -0.05) is 13.3 Å². The Morgan fingerprint density at radius 2 is 2.17 bits per heavy atom. The monoisotopic (exact) mass is 329 g/mol. The lowest BCUT2D eigenvalue weighted by Crippen LogP contribution is -2.47. The van der Waals surface area contributed by atoms with Crippen LogP contribution in [0.25, 0.3) is 10.6 Å². The summed E-state index contributed by atoms with van der Waals surface area (Å²) in [4.78, 5) is 19.2. The minimum atomic E-state index is 0.0161. The minimum absolute atomic E-state index is 0.0161. The van der Waals surface area contributed by atoms with Gasteiger partial charge in [0.25, 0.3) is 0 Å². The van der Waals surface area contributed by atoms with Gasteiger partial charge in [0.15, 0.2) is 0 Å². The molecule has 1 atom stereocenters. The van der Waals surface area contributed by atoms with Crippen LogP contribution in [0.5, 0.6) is 0 Å². The van der Waals surface area contributed by atoms with Crippen LogP contribution in [0.15, 0.2) is 35.8 Å². The molecule has 2 heterocycles. The van der Waals surface area contributed by atoms with E-state index in [1.807, 2.05) is 29.6 Å². The SMILES string of the molecule is CCCN1CCCCC1C(=O)Nc1ccc(-c2nccs2)cc1. The first-order chi connectivity index (χ1) is 11.3. The summed E-state index contributed by atoms with van der Waals surface area (Å²) in [6, 6.07) is 7.96. The number of hydrogen-bond donors (Lipinski definition) is 1. The summed E-state index contributed by atoms with van der Waals surface area (Å²) in [5.41, 5.74) is 1.95. The Bertz CT molecular complexity index is 622. The van der Waals surface area contributed by atoms with Crippen molar-refractivity contribution in [3.63, 3.8) is 0 Å². The van der Waals surface area contributed by atoms with E-state index in [9.17, 15) is 4.79 Å². The lowest BCUT2D eigenvalue weighted by Gasteiger charge is -2.34. The molecule has 0 aliphatic carbocycles. The first-order valence-electron chi connectivity index (χ1n) is 8.33. The molecule has 1 aromatic heterocycles. The van der Waals surface area contributed by atoms with Gasteiger partial charge in [0, 0.05) is 22.8 Å². The molecule has 4 nitrogen and oxygen atoms in total. The van der Waals surface area contributed by atoms with Crippen molar-refractivity contribution in [2.75, 3.05) is 18.4 Å². The Labute approximate surface area is 141 Å². The highest BCUT2D eigenvalue weighted by Gasteiger charge is 2.27. The third kappa shape index (κ3) is 3.98. The van der Waals surface area contributed by atoms with Crippen LogP contribution in [0.3, 0.4) is 0 Å². The van der Waals surface area contributed by atoms with Crippen LogP contribution in [-0.4, -0.2) is 34.9 Å². The zero-order valence-electron chi connectivity index (χ0n) is 13.5. The number of carbonyl (C=O) groups is 1. The lowest BCUT2D eigenvalue weighted by molar-refractivity contribution is -0.122. The summed E-state index contributed by atoms with van der Waals surface area (Å²) in [6.45, 7) is 4.21. The van der Waals surface area contributed by atoms with Crippen LogP contribution < -0.4 is 5.32 Å². The molecule has 5 heteroatoms. The van der Waals surface area contributed by atoms with E-state index in [0.29, 0.717) is 0 Å². The molecule has 0 saturated carbocycles. The lowest BCUT2D eigenvalue weighted by atomic mass is 10.0. The van der Waals surface area contributed by atoms with Crippen LogP contribution >= 0.6 is 11.3 Å². The highest BCUT2D eigenvalue weighted by atomic mass is 32.1. The second-order valence-electron chi connectivity index (χ2n) is 5.95. The van der Waals surface area contributed by atoms with Crippen molar-refractivity contribution in [1.82, 2.24) is 9.88 Å². The molecule has 1 fully saturated rings. The van der Waals surface area contributed by atoms with Crippen molar-refractivity contribution in [2.24, 2.45) is 0 Å². The van der Waals surface area contributed by atoms with Crippen molar-refractivity contribution in [3.05, 3.63) is 35.8 Å². The average molecular weight is 329 g/mol. The number of likely N-dealkylation sites (tertiary alicyclic amines) is 1. The number of nitrogens with one attached hydrogen (secondary N) is 1. The molecule has 1 unspecified atom stereocenters. The minimum Gasteiger partial charge on any atom is -0.325 e. The molecule has 122 valence electrons. The van der Waals surface area contributed by atoms with Gasteiger partial charge in [-0.15, -0.1) is 11.3 Å². The van der Waals surface area contributed by atoms with Crippen molar-refractivity contribution in [3.8, 4) is 10.6 Å². The van der Waals surface area contributed by atoms with Gasteiger partial charge in [-0.2, -0.15) is 0 Å². The molecule has 1 saturated heterocycles. The van der Waals surface area contributed by atoms with E-state index in [1.54, 1.807) is 17.5 Å². The second kappa shape index (κ2) is 7.70. The number of rotatable bonds is 5. The third-order valence-corrected chi connectivity index (χ3v) is 5.08. The first-order valence-corrected chi connectivity index (χ1v) is 9.20. The number of thiazole rings is 1. The van der Waals surface area contributed by atoms with E-state index < -0.39 is 0 Å². The fourth-order valence-electron chi connectivity index (χ4n) is 3.13. The normalized spacial score (nSPS) is 18.7. The standard InChI is InChI=1S/C18H23N3OS/c1-2-11-21-12-4-3-5-16(21)17(22)20-15-8-6-14(7-9-15)18-19-10-13-23-18/h6-10,13,16H,2-5,11-12H2,1H3,(H,20,22). The van der Waals surface area contributed by atoms with Gasteiger partial charge in [0.05, 0.1) is 6.04 Å². The molecule has 1 amide bonds. The number of nitrogens with zero attached hydrogens (tertiary/aromatic N) is 2. The van der Waals surface area contributed by atoms with Crippen LogP contribution in [0.4, 0.5) is 5.69 Å². The summed E-state index contributed by atoms with van der Waals surface area (Å²) in [6.07, 6.45) is 6.20. The third-order valence-electron chi connectivity index (χ3n) is 4.26. The predicted octanol–water partition coefficient (Wildman–Crippen LogP) is 4.01. The van der Waals surface area contributed by atoms with E-state index in [1.165, 1.54) is 6.42 Å². The van der Waals surface area contributed by atoms with Crippen molar-refractivity contribution >= 4 is 22.9 Å². The van der Waals surface area contributed by atoms with Crippen molar-refractivity contribution < 1.29 is 4.79 Å². The van der Waals surface area contributed by atoms with Crippen LogP contribution in [0, 0.1) is 0 Å². The number of aromatic nitrogens is 1. The van der Waals surface area contributed by atoms with Crippen LogP contribution in [-0.2, 0) is 4.79 Å². The van der Waals surface area contributed by atoms with Crippen molar-refractivity contribution in [2.45, 2.75) is 38.6 Å². The van der Waals surface area contributed by atoms with E-state index in [2.05, 4.69) is 22.1 Å². The number of benzene rings is 1. The molecule has 0 bridgehead atoms. The Balaban J connectivity index is 1.65. The van der Waals surface area contributed by atoms with Gasteiger partial charge in [-0.05, 0) is 56.6 Å². The summed E-state index contributed by atoms with van der Waals surface area (Å²) < 4.78 is 0. The van der Waals surface area contributed by atoms with E-state index in [4.69, 9.17) is 0 Å². The summed E-state index contributed by atoms with van der Waals surface area (Å²) in [5, 5.41) is 6.05. The summed E-state index contributed by atoms with van der Waals surface area (Å²) in [7, 11) is 0. The molecular formula is C18H23N3OS. The molecule has 0 radical (unpaired) electrons. The molecule has 3 rings (SSSR count). The number of anilines is 1. The Morgan fingerprint density at radius 3 is 2.87 bits per heavy atom. The smallest absolute Gasteiger partial charge is 0.241 e. The first kappa shape index (κ1) is 16.1. The van der Waals surface area contributed by atoms with Crippen LogP contribution in [0.1, 0.15) is 32.6 Å². The number of amides is 1. The molecule has 1 aromatic carbocycles. The van der Waals surface area contributed by atoms with Gasteiger partial charge in [-0.3, -0.25) is 9.69 Å². The van der Waals surface area contributed by atoms with Crippen molar-refractivity contribution in [1.29, 1.82) is 0 Å². The maximum atomic E-state index is 12.6. The molecule has 0 spiro atoms. The number of hydrogen-bond acceptors (Lipinski definition) is 4. The molecular weight excluding hydrogens is 306 g/mol. The van der Waals surface area contributed by atoms with Gasteiger partial charge in [0.2, 0.25) is 5.91 Å².